The second-order valence-corrected chi connectivity index (χ2v) is 10.7. The SMILES string of the molecule is CC(=O)C(=C1C2CC3CC(C2)CC1C3)/C(C(C)=O)=C(/C)c1csc2cc(C=O)ccc12. The summed E-state index contributed by atoms with van der Waals surface area (Å²) in [6.45, 7) is 5.20. The molecule has 4 heteroatoms. The van der Waals surface area contributed by atoms with Gasteiger partial charge in [-0.15, -0.1) is 11.3 Å². The van der Waals surface area contributed by atoms with E-state index in [4.69, 9.17) is 0 Å². The minimum absolute atomic E-state index is 0.0230. The van der Waals surface area contributed by atoms with Gasteiger partial charge in [-0.05, 0) is 99.1 Å². The average Bonchev–Trinajstić information content (AvgIpc) is 3.14. The van der Waals surface area contributed by atoms with Gasteiger partial charge in [0.15, 0.2) is 11.6 Å². The molecule has 0 atom stereocenters. The Hall–Kier alpha value is -2.33. The molecule has 0 saturated heterocycles. The van der Waals surface area contributed by atoms with Gasteiger partial charge >= 0.3 is 0 Å². The average molecular weight is 433 g/mol. The van der Waals surface area contributed by atoms with Gasteiger partial charge in [-0.2, -0.15) is 0 Å². The van der Waals surface area contributed by atoms with Gasteiger partial charge in [0.25, 0.3) is 0 Å². The predicted octanol–water partition coefficient (Wildman–Crippen LogP) is 6.42. The summed E-state index contributed by atoms with van der Waals surface area (Å²) < 4.78 is 1.02. The fourth-order valence-electron chi connectivity index (χ4n) is 6.79. The van der Waals surface area contributed by atoms with Gasteiger partial charge in [0.05, 0.1) is 0 Å². The molecule has 3 nitrogen and oxygen atoms in total. The first kappa shape index (κ1) is 20.6. The zero-order valence-electron chi connectivity index (χ0n) is 18.4. The molecule has 1 aromatic carbocycles. The molecule has 4 fully saturated rings. The van der Waals surface area contributed by atoms with Crippen molar-refractivity contribution in [2.75, 3.05) is 0 Å². The van der Waals surface area contributed by atoms with Gasteiger partial charge in [0, 0.05) is 26.8 Å². The Kier molecular flexibility index (Phi) is 5.09. The van der Waals surface area contributed by atoms with Crippen LogP contribution < -0.4 is 0 Å². The standard InChI is InChI=1S/C27H28O3S/c1-14(23-13-31-24-11-17(12-28)4-5-22(23)24)25(15(2)29)26(16(3)30)27-20-7-18-6-19(9-20)10-21(27)8-18/h4-5,11-13,18-21H,6-10H2,1-3H3/b25-14-,27-26?. The van der Waals surface area contributed by atoms with Crippen LogP contribution in [0.3, 0.4) is 0 Å². The van der Waals surface area contributed by atoms with Crippen LogP contribution in [-0.2, 0) is 9.59 Å². The van der Waals surface area contributed by atoms with Crippen LogP contribution in [0, 0.1) is 23.7 Å². The van der Waals surface area contributed by atoms with Crippen molar-refractivity contribution in [2.45, 2.75) is 52.9 Å². The van der Waals surface area contributed by atoms with Gasteiger partial charge in [0.1, 0.15) is 6.29 Å². The highest BCUT2D eigenvalue weighted by Gasteiger charge is 2.47. The zero-order chi connectivity index (χ0) is 21.9. The summed E-state index contributed by atoms with van der Waals surface area (Å²) in [4.78, 5) is 37.2. The largest absolute Gasteiger partial charge is 0.298 e. The van der Waals surface area contributed by atoms with Crippen molar-refractivity contribution in [1.82, 2.24) is 0 Å². The molecule has 160 valence electrons. The highest BCUT2D eigenvalue weighted by molar-refractivity contribution is 7.17. The lowest BCUT2D eigenvalue weighted by molar-refractivity contribution is -0.116. The molecule has 0 amide bonds. The highest BCUT2D eigenvalue weighted by atomic mass is 32.1. The van der Waals surface area contributed by atoms with Crippen molar-refractivity contribution < 1.29 is 14.4 Å². The molecular weight excluding hydrogens is 404 g/mol. The van der Waals surface area contributed by atoms with E-state index in [1.807, 2.05) is 25.1 Å². The van der Waals surface area contributed by atoms with Crippen molar-refractivity contribution >= 4 is 44.8 Å². The van der Waals surface area contributed by atoms with Crippen LogP contribution in [0.2, 0.25) is 0 Å². The number of Topliss-reactive ketones (excluding diaryl/α,β-unsaturated/α-hetero) is 2. The van der Waals surface area contributed by atoms with Gasteiger partial charge in [0.2, 0.25) is 0 Å². The molecule has 0 unspecified atom stereocenters. The molecule has 0 aliphatic heterocycles. The number of carbonyl (C=O) groups is 3. The van der Waals surface area contributed by atoms with E-state index in [1.54, 1.807) is 25.2 Å². The van der Waals surface area contributed by atoms with E-state index < -0.39 is 0 Å². The fraction of sp³-hybridized carbons (Fsp3) is 0.444. The van der Waals surface area contributed by atoms with Crippen molar-refractivity contribution in [1.29, 1.82) is 0 Å². The van der Waals surface area contributed by atoms with Gasteiger partial charge < -0.3 is 0 Å². The van der Waals surface area contributed by atoms with Crippen LogP contribution in [0.15, 0.2) is 40.3 Å². The number of allylic oxidation sites excluding steroid dienone is 4. The number of hydrogen-bond acceptors (Lipinski definition) is 4. The Balaban J connectivity index is 1.71. The van der Waals surface area contributed by atoms with Gasteiger partial charge in [-0.1, -0.05) is 17.7 Å². The van der Waals surface area contributed by atoms with E-state index in [-0.39, 0.29) is 11.6 Å². The van der Waals surface area contributed by atoms with E-state index in [9.17, 15) is 14.4 Å². The maximum absolute atomic E-state index is 13.1. The summed E-state index contributed by atoms with van der Waals surface area (Å²) >= 11 is 1.57. The second kappa shape index (κ2) is 7.67. The lowest BCUT2D eigenvalue weighted by Gasteiger charge is -2.52. The molecule has 4 aliphatic carbocycles. The number of thiophene rings is 1. The van der Waals surface area contributed by atoms with Crippen LogP contribution in [-0.4, -0.2) is 17.9 Å². The first-order chi connectivity index (χ1) is 14.9. The summed E-state index contributed by atoms with van der Waals surface area (Å²) in [6, 6.07) is 5.66. The highest BCUT2D eigenvalue weighted by Crippen LogP contribution is 2.57. The molecule has 4 bridgehead atoms. The fourth-order valence-corrected chi connectivity index (χ4v) is 7.85. The molecule has 0 N–H and O–H groups in total. The summed E-state index contributed by atoms with van der Waals surface area (Å²) in [5.41, 5.74) is 5.12. The van der Waals surface area contributed by atoms with Crippen molar-refractivity contribution in [3.05, 3.63) is 51.4 Å². The molecular formula is C27H28O3S. The summed E-state index contributed by atoms with van der Waals surface area (Å²) in [5, 5.41) is 3.08. The Morgan fingerprint density at radius 1 is 0.935 bits per heavy atom. The van der Waals surface area contributed by atoms with E-state index in [0.29, 0.717) is 28.5 Å². The third kappa shape index (κ3) is 3.36. The lowest BCUT2D eigenvalue weighted by Crippen LogP contribution is -2.41. The number of rotatable bonds is 5. The first-order valence-electron chi connectivity index (χ1n) is 11.3. The van der Waals surface area contributed by atoms with Crippen molar-refractivity contribution in [2.24, 2.45) is 23.7 Å². The van der Waals surface area contributed by atoms with E-state index in [2.05, 4.69) is 5.38 Å². The Labute approximate surface area is 187 Å². The van der Waals surface area contributed by atoms with Crippen LogP contribution in [0.25, 0.3) is 15.7 Å². The number of benzene rings is 1. The number of fused-ring (bicyclic) bond motifs is 1. The molecule has 1 heterocycles. The first-order valence-corrected chi connectivity index (χ1v) is 12.2. The zero-order valence-corrected chi connectivity index (χ0v) is 19.2. The monoisotopic (exact) mass is 432 g/mol. The third-order valence-corrected chi connectivity index (χ3v) is 8.72. The number of aldehydes is 1. The molecule has 0 spiro atoms. The lowest BCUT2D eigenvalue weighted by atomic mass is 9.53. The van der Waals surface area contributed by atoms with Crippen LogP contribution in [0.4, 0.5) is 0 Å². The third-order valence-electron chi connectivity index (χ3n) is 7.78. The minimum atomic E-state index is -0.0344. The van der Waals surface area contributed by atoms with Gasteiger partial charge in [-0.3, -0.25) is 14.4 Å². The molecule has 2 aromatic rings. The van der Waals surface area contributed by atoms with Crippen LogP contribution in [0.5, 0.6) is 0 Å². The van der Waals surface area contributed by atoms with Crippen LogP contribution >= 0.6 is 11.3 Å². The molecule has 31 heavy (non-hydrogen) atoms. The number of hydrogen-bond donors (Lipinski definition) is 0. The molecule has 4 saturated carbocycles. The Morgan fingerprint density at radius 2 is 1.58 bits per heavy atom. The summed E-state index contributed by atoms with van der Waals surface area (Å²) in [7, 11) is 0. The molecule has 1 aromatic heterocycles. The Morgan fingerprint density at radius 3 is 2.13 bits per heavy atom. The quantitative estimate of drug-likeness (QED) is 0.405. The van der Waals surface area contributed by atoms with E-state index >= 15 is 0 Å². The summed E-state index contributed by atoms with van der Waals surface area (Å²) in [5.74, 6) is 2.53. The maximum Gasteiger partial charge on any atom is 0.160 e. The number of ketones is 2. The van der Waals surface area contributed by atoms with Crippen molar-refractivity contribution in [3.63, 3.8) is 0 Å². The molecule has 4 aliphatic rings. The van der Waals surface area contributed by atoms with E-state index in [0.717, 1.165) is 39.3 Å². The minimum Gasteiger partial charge on any atom is -0.298 e. The smallest absolute Gasteiger partial charge is 0.160 e. The maximum atomic E-state index is 13.1. The normalized spacial score (nSPS) is 27.4. The second-order valence-electron chi connectivity index (χ2n) is 9.77. The predicted molar refractivity (Wildman–Crippen MR) is 125 cm³/mol. The van der Waals surface area contributed by atoms with Crippen LogP contribution in [0.1, 0.15) is 68.8 Å². The topological polar surface area (TPSA) is 51.2 Å². The van der Waals surface area contributed by atoms with E-state index in [1.165, 1.54) is 37.7 Å². The Bertz CT molecular complexity index is 1150. The van der Waals surface area contributed by atoms with Gasteiger partial charge in [-0.25, -0.2) is 0 Å². The van der Waals surface area contributed by atoms with Crippen molar-refractivity contribution in [3.8, 4) is 0 Å². The molecule has 0 radical (unpaired) electrons. The summed E-state index contributed by atoms with van der Waals surface area (Å²) in [6.07, 6.45) is 6.93. The molecule has 6 rings (SSSR count). The number of carbonyl (C=O) groups excluding carboxylic acids is 3.